The average molecular weight is 666 g/mol. The van der Waals surface area contributed by atoms with E-state index in [2.05, 4.69) is 40.7 Å². The highest BCUT2D eigenvalue weighted by atomic mass is 79.9. The molecule has 1 heterocycles. The summed E-state index contributed by atoms with van der Waals surface area (Å²) in [6.07, 6.45) is 15.6. The number of thiazole rings is 1. The van der Waals surface area contributed by atoms with Crippen molar-refractivity contribution in [2.75, 3.05) is 18.5 Å². The van der Waals surface area contributed by atoms with E-state index >= 15 is 0 Å². The van der Waals surface area contributed by atoms with Gasteiger partial charge in [0, 0.05) is 29.3 Å². The number of nitrogens with zero attached hydrogens (tertiary/aromatic N) is 1. The van der Waals surface area contributed by atoms with Crippen molar-refractivity contribution in [2.45, 2.75) is 97.4 Å². The molecule has 226 valence electrons. The van der Waals surface area contributed by atoms with Crippen LogP contribution in [0.25, 0.3) is 0 Å². The number of hydrogen-bond donors (Lipinski definition) is 1. The van der Waals surface area contributed by atoms with Crippen LogP contribution in [0.1, 0.15) is 95.2 Å². The van der Waals surface area contributed by atoms with E-state index in [4.69, 9.17) is 21.1 Å². The van der Waals surface area contributed by atoms with Crippen LogP contribution >= 0.6 is 22.9 Å². The number of carbonyl (C=O) groups excluding carboxylic acids is 1. The van der Waals surface area contributed by atoms with Crippen LogP contribution in [0, 0.1) is 6.92 Å². The molecule has 0 saturated carbocycles. The van der Waals surface area contributed by atoms with Gasteiger partial charge in [-0.2, -0.15) is 4.57 Å². The first-order valence-corrected chi connectivity index (χ1v) is 16.2. The summed E-state index contributed by atoms with van der Waals surface area (Å²) in [6.45, 7) is 5.62. The van der Waals surface area contributed by atoms with Crippen molar-refractivity contribution in [3.63, 3.8) is 0 Å². The third-order valence-corrected chi connectivity index (χ3v) is 8.05. The van der Waals surface area contributed by atoms with Gasteiger partial charge >= 0.3 is 0 Å². The maximum atomic E-state index is 12.6. The van der Waals surface area contributed by atoms with Crippen molar-refractivity contribution < 1.29 is 35.8 Å². The van der Waals surface area contributed by atoms with Gasteiger partial charge in [-0.3, -0.25) is 4.79 Å². The summed E-state index contributed by atoms with van der Waals surface area (Å²) in [5.74, 6) is 0.878. The average Bonchev–Trinajstić information content (AvgIpc) is 3.34. The highest BCUT2D eigenvalue weighted by molar-refractivity contribution is 7.07. The monoisotopic (exact) mass is 664 g/mol. The van der Waals surface area contributed by atoms with Crippen LogP contribution in [0.3, 0.4) is 0 Å². The molecule has 1 amide bonds. The normalized spacial score (nSPS) is 10.7. The number of anilines is 1. The maximum Gasteiger partial charge on any atom is 0.262 e. The van der Waals surface area contributed by atoms with E-state index in [9.17, 15) is 4.79 Å². The lowest BCUT2D eigenvalue weighted by molar-refractivity contribution is -0.689. The Morgan fingerprint density at radius 3 is 2.22 bits per heavy atom. The van der Waals surface area contributed by atoms with Gasteiger partial charge in [-0.15, -0.1) is 0 Å². The molecule has 5 nitrogen and oxygen atoms in total. The van der Waals surface area contributed by atoms with E-state index in [1.54, 1.807) is 29.5 Å². The molecule has 0 saturated heterocycles. The van der Waals surface area contributed by atoms with Gasteiger partial charge in [0.05, 0.1) is 12.0 Å². The van der Waals surface area contributed by atoms with Gasteiger partial charge in [0.1, 0.15) is 0 Å². The number of benzene rings is 2. The number of carbonyl (C=O) groups is 1. The minimum Gasteiger partial charge on any atom is -1.00 e. The molecule has 41 heavy (non-hydrogen) atoms. The molecule has 0 aliphatic heterocycles. The standard InChI is InChI=1S/C33H45ClN2O3S.BrH/c1-3-4-5-6-7-8-9-10-11-12-13-14-20-38-32-22-29(34)18-19-31(32)39-24-33(37)35-30-17-15-16-28(21-30)23-36-26-40-25-27(36)2;/h15-19,21-22,25-26H,3-14,20,23-24H2,1-2H3;1H. The van der Waals surface area contributed by atoms with Gasteiger partial charge in [0.25, 0.3) is 5.91 Å². The van der Waals surface area contributed by atoms with Crippen LogP contribution in [0.15, 0.2) is 53.4 Å². The Bertz CT molecular complexity index is 1160. The summed E-state index contributed by atoms with van der Waals surface area (Å²) in [5, 5.41) is 5.64. The minimum absolute atomic E-state index is 0. The second kappa shape index (κ2) is 20.7. The first-order chi connectivity index (χ1) is 19.5. The number of rotatable bonds is 20. The van der Waals surface area contributed by atoms with Gasteiger partial charge in [0.15, 0.2) is 30.3 Å². The Labute approximate surface area is 266 Å². The number of halogens is 2. The number of nitrogens with one attached hydrogen (secondary N) is 1. The van der Waals surface area contributed by atoms with E-state index < -0.39 is 0 Å². The number of unbranched alkanes of at least 4 members (excludes halogenated alkanes) is 11. The smallest absolute Gasteiger partial charge is 0.262 e. The second-order valence-corrected chi connectivity index (χ2v) is 11.6. The fourth-order valence-corrected chi connectivity index (χ4v) is 5.58. The molecule has 8 heteroatoms. The van der Waals surface area contributed by atoms with Gasteiger partial charge in [-0.05, 0) is 30.7 Å². The molecule has 1 aromatic heterocycles. The molecule has 0 radical (unpaired) electrons. The van der Waals surface area contributed by atoms with Crippen molar-refractivity contribution in [2.24, 2.45) is 0 Å². The SMILES string of the molecule is CCCCCCCCCCCCCCOc1cc(Cl)ccc1OCC(=O)Nc1cccc(C[n+]2cscc2C)c1.[Br-]. The van der Waals surface area contributed by atoms with Gasteiger partial charge in [0.2, 0.25) is 5.51 Å². The predicted octanol–water partition coefficient (Wildman–Crippen LogP) is 6.15. The van der Waals surface area contributed by atoms with Crippen LogP contribution in [0.2, 0.25) is 5.02 Å². The molecule has 2 aromatic carbocycles. The Hall–Kier alpha value is -2.09. The highest BCUT2D eigenvalue weighted by Crippen LogP contribution is 2.30. The van der Waals surface area contributed by atoms with Crippen molar-refractivity contribution in [1.29, 1.82) is 0 Å². The number of ether oxygens (including phenoxy) is 2. The van der Waals surface area contributed by atoms with Crippen LogP contribution < -0.4 is 36.3 Å². The van der Waals surface area contributed by atoms with Gasteiger partial charge in [-0.1, -0.05) is 113 Å². The quantitative estimate of drug-likeness (QED) is 0.116. The van der Waals surface area contributed by atoms with Gasteiger partial charge < -0.3 is 31.8 Å². The molecule has 0 aliphatic rings. The number of aryl methyl sites for hydroxylation is 1. The van der Waals surface area contributed by atoms with Crippen LogP contribution in [-0.4, -0.2) is 19.1 Å². The van der Waals surface area contributed by atoms with E-state index in [1.165, 1.54) is 69.9 Å². The Kier molecular flexibility index (Phi) is 17.8. The third-order valence-electron chi connectivity index (χ3n) is 6.96. The molecule has 1 N–H and O–H groups in total. The summed E-state index contributed by atoms with van der Waals surface area (Å²) in [5.41, 5.74) is 5.18. The topological polar surface area (TPSA) is 51.4 Å². The Morgan fingerprint density at radius 1 is 0.878 bits per heavy atom. The zero-order valence-electron chi connectivity index (χ0n) is 24.6. The lowest BCUT2D eigenvalue weighted by Crippen LogP contribution is -3.00. The zero-order valence-corrected chi connectivity index (χ0v) is 27.8. The number of amides is 1. The summed E-state index contributed by atoms with van der Waals surface area (Å²) in [4.78, 5) is 12.6. The van der Waals surface area contributed by atoms with E-state index in [0.29, 0.717) is 23.1 Å². The lowest BCUT2D eigenvalue weighted by Gasteiger charge is -2.13. The van der Waals surface area contributed by atoms with E-state index in [-0.39, 0.29) is 29.5 Å². The van der Waals surface area contributed by atoms with Crippen LogP contribution in [-0.2, 0) is 11.3 Å². The number of aromatic nitrogens is 1. The van der Waals surface area contributed by atoms with Crippen molar-refractivity contribution in [1.82, 2.24) is 0 Å². The Morgan fingerprint density at radius 2 is 1.56 bits per heavy atom. The molecule has 0 aliphatic carbocycles. The number of hydrogen-bond acceptors (Lipinski definition) is 4. The van der Waals surface area contributed by atoms with Crippen LogP contribution in [0.4, 0.5) is 5.69 Å². The van der Waals surface area contributed by atoms with Crippen LogP contribution in [0.5, 0.6) is 11.5 Å². The zero-order chi connectivity index (χ0) is 28.4. The molecule has 3 rings (SSSR count). The van der Waals surface area contributed by atoms with E-state index in [0.717, 1.165) is 30.6 Å². The molecule has 0 unspecified atom stereocenters. The minimum atomic E-state index is -0.224. The third kappa shape index (κ3) is 14.1. The summed E-state index contributed by atoms with van der Waals surface area (Å²) < 4.78 is 14.0. The van der Waals surface area contributed by atoms with E-state index in [1.807, 2.05) is 18.2 Å². The predicted molar refractivity (Wildman–Crippen MR) is 167 cm³/mol. The highest BCUT2D eigenvalue weighted by Gasteiger charge is 2.12. The first kappa shape index (κ1) is 35.1. The molecule has 0 spiro atoms. The second-order valence-electron chi connectivity index (χ2n) is 10.5. The summed E-state index contributed by atoms with van der Waals surface area (Å²) >= 11 is 7.88. The molecular formula is C33H46BrClN2O3S. The van der Waals surface area contributed by atoms with Gasteiger partial charge in [-0.25, -0.2) is 0 Å². The lowest BCUT2D eigenvalue weighted by atomic mass is 10.1. The molecule has 0 bridgehead atoms. The molecule has 3 aromatic rings. The van der Waals surface area contributed by atoms with Crippen molar-refractivity contribution in [3.05, 3.63) is 69.6 Å². The molecule has 0 fully saturated rings. The van der Waals surface area contributed by atoms with Crippen molar-refractivity contribution in [3.8, 4) is 11.5 Å². The molecule has 0 atom stereocenters. The fourth-order valence-electron chi connectivity index (χ4n) is 4.64. The van der Waals surface area contributed by atoms with Crippen molar-refractivity contribution >= 4 is 34.5 Å². The largest absolute Gasteiger partial charge is 1.00 e. The first-order valence-electron chi connectivity index (χ1n) is 14.9. The maximum absolute atomic E-state index is 12.6. The molecular weight excluding hydrogens is 620 g/mol. The fraction of sp³-hybridized carbons (Fsp3) is 0.515. The summed E-state index contributed by atoms with van der Waals surface area (Å²) in [6, 6.07) is 13.2. The summed E-state index contributed by atoms with van der Waals surface area (Å²) in [7, 11) is 0. The Balaban J connectivity index is 0.00000588.